The van der Waals surface area contributed by atoms with Crippen LogP contribution in [0.25, 0.3) is 0 Å². The van der Waals surface area contributed by atoms with Crippen LogP contribution in [0.4, 0.5) is 0 Å². The van der Waals surface area contributed by atoms with Gasteiger partial charge in [0.2, 0.25) is 0 Å². The Bertz CT molecular complexity index is 1330. The third-order valence-corrected chi connectivity index (χ3v) is 24.6. The molecule has 14 heteroatoms. The van der Waals surface area contributed by atoms with Crippen molar-refractivity contribution in [2.24, 2.45) is 9.53 Å². The summed E-state index contributed by atoms with van der Waals surface area (Å²) in [6.07, 6.45) is 4.33. The third kappa shape index (κ3) is 9.65. The van der Waals surface area contributed by atoms with Gasteiger partial charge < -0.3 is 0 Å². The van der Waals surface area contributed by atoms with Gasteiger partial charge in [-0.05, 0) is 0 Å². The SMILES string of the molecule is CCN(CC)P1CCC(N(CC)CC)(N(CC)CC)C1=NP(N=C1P(N(CC)CC)CCC1(N(CC)CC)N(CC)CC)(Oc1ccccc1)(N(CC)CC)N(CC)CC. The Morgan fingerprint density at radius 2 is 0.750 bits per heavy atom. The average Bonchev–Trinajstić information content (AvgIpc) is 3.80. The molecule has 0 radical (unpaired) electrons. The summed E-state index contributed by atoms with van der Waals surface area (Å²) < 4.78 is 32.8. The minimum atomic E-state index is -4.51. The van der Waals surface area contributed by atoms with Crippen LogP contribution in [0.5, 0.6) is 5.75 Å². The van der Waals surface area contributed by atoms with Crippen molar-refractivity contribution in [1.82, 2.24) is 38.3 Å². The molecule has 2 heterocycles. The molecule has 2 saturated heterocycles. The fourth-order valence-corrected chi connectivity index (χ4v) is 23.0. The third-order valence-electron chi connectivity index (χ3n) is 13.8. The standard InChI is InChI=1S/C46H93N10OP3/c1-17-49(18-2)45(50(19-3)20-4)38-40-58(53(25-9)26-10)43(45)47-60(55(29-13)30-14,56(31-15)32-16,57-42-36-34-33-35-37-42)48-44-46(51(21-5)22-6,52(23-7)24-8)39-41-59(44)54(27-11)28-12/h33-37H,17-32,38-41H2,1-16H3. The Labute approximate surface area is 373 Å². The van der Waals surface area contributed by atoms with Gasteiger partial charge in [0.15, 0.2) is 0 Å². The van der Waals surface area contributed by atoms with Crippen LogP contribution in [0.15, 0.2) is 39.9 Å². The summed E-state index contributed by atoms with van der Waals surface area (Å²) in [5.74, 6) is 0.852. The predicted octanol–water partition coefficient (Wildman–Crippen LogP) is 10.7. The van der Waals surface area contributed by atoms with Crippen LogP contribution in [-0.4, -0.2) is 178 Å². The van der Waals surface area contributed by atoms with Crippen LogP contribution >= 0.6 is 23.6 Å². The molecular formula is C46H93N10OP3. The van der Waals surface area contributed by atoms with Crippen LogP contribution in [-0.2, 0) is 0 Å². The first-order valence-corrected chi connectivity index (χ1v) is 29.4. The van der Waals surface area contributed by atoms with E-state index in [0.29, 0.717) is 0 Å². The Morgan fingerprint density at radius 3 is 1.00 bits per heavy atom. The topological polar surface area (TPSA) is 59.9 Å². The second kappa shape index (κ2) is 24.6. The second-order valence-corrected chi connectivity index (χ2v) is 23.7. The number of benzene rings is 1. The summed E-state index contributed by atoms with van der Waals surface area (Å²) >= 11 is 0. The molecule has 1 aromatic rings. The quantitative estimate of drug-likeness (QED) is 0.0605. The second-order valence-electron chi connectivity index (χ2n) is 15.7. The molecule has 2 fully saturated rings. The maximum atomic E-state index is 8.28. The van der Waals surface area contributed by atoms with E-state index in [1.165, 1.54) is 10.9 Å². The molecule has 2 aliphatic rings. The zero-order valence-electron chi connectivity index (χ0n) is 41.8. The van der Waals surface area contributed by atoms with E-state index in [1.807, 2.05) is 0 Å². The molecule has 0 aromatic heterocycles. The van der Waals surface area contributed by atoms with E-state index in [-0.39, 0.29) is 11.3 Å². The van der Waals surface area contributed by atoms with Crippen molar-refractivity contribution in [1.29, 1.82) is 0 Å². The van der Waals surface area contributed by atoms with Crippen LogP contribution in [0, 0.1) is 0 Å². The molecule has 1 aromatic carbocycles. The first-order chi connectivity index (χ1) is 28.9. The molecule has 60 heavy (non-hydrogen) atoms. The average molecular weight is 895 g/mol. The number of para-hydroxylation sites is 1. The first kappa shape index (κ1) is 53.7. The monoisotopic (exact) mass is 895 g/mol. The van der Waals surface area contributed by atoms with E-state index in [2.05, 4.69) is 179 Å². The van der Waals surface area contributed by atoms with E-state index in [0.717, 1.165) is 136 Å². The summed E-state index contributed by atoms with van der Waals surface area (Å²) in [6, 6.07) is 10.7. The molecule has 348 valence electrons. The van der Waals surface area contributed by atoms with Crippen LogP contribution < -0.4 is 4.52 Å². The van der Waals surface area contributed by atoms with Gasteiger partial charge in [0.25, 0.3) is 0 Å². The number of rotatable bonds is 28. The van der Waals surface area contributed by atoms with Gasteiger partial charge in [0.05, 0.1) is 0 Å². The zero-order valence-corrected chi connectivity index (χ0v) is 44.4. The fourth-order valence-electron chi connectivity index (χ4n) is 11.0. The summed E-state index contributed by atoms with van der Waals surface area (Å²) in [5, 5.41) is 0. The van der Waals surface area contributed by atoms with Crippen molar-refractivity contribution in [3.63, 3.8) is 0 Å². The van der Waals surface area contributed by atoms with E-state index in [4.69, 9.17) is 14.0 Å². The molecule has 0 bridgehead atoms. The van der Waals surface area contributed by atoms with Crippen LogP contribution in [0.3, 0.4) is 0 Å². The van der Waals surface area contributed by atoms with Gasteiger partial charge in [-0.1, -0.05) is 0 Å². The summed E-state index contributed by atoms with van der Waals surface area (Å²) in [5.41, 5.74) is 1.93. The summed E-state index contributed by atoms with van der Waals surface area (Å²) in [7, 11) is -6.09. The molecular weight excluding hydrogens is 801 g/mol. The van der Waals surface area contributed by atoms with Crippen molar-refractivity contribution in [2.45, 2.75) is 135 Å². The Kier molecular flexibility index (Phi) is 22.0. The fraction of sp³-hybridized carbons (Fsp3) is 0.826. The molecule has 2 unspecified atom stereocenters. The van der Waals surface area contributed by atoms with Crippen molar-refractivity contribution < 1.29 is 4.52 Å². The zero-order chi connectivity index (χ0) is 44.8. The molecule has 0 aliphatic carbocycles. The molecule has 0 saturated carbocycles. The van der Waals surface area contributed by atoms with Crippen molar-refractivity contribution in [2.75, 3.05) is 117 Å². The van der Waals surface area contributed by atoms with Gasteiger partial charge >= 0.3 is 375 Å². The van der Waals surface area contributed by atoms with Gasteiger partial charge in [0.1, 0.15) is 0 Å². The van der Waals surface area contributed by atoms with Crippen LogP contribution in [0.2, 0.25) is 0 Å². The molecule has 0 spiro atoms. The van der Waals surface area contributed by atoms with E-state index < -0.39 is 23.6 Å². The van der Waals surface area contributed by atoms with Gasteiger partial charge in [-0.2, -0.15) is 0 Å². The minimum absolute atomic E-state index is 0.362. The summed E-state index contributed by atoms with van der Waals surface area (Å²) in [4.78, 5) is 11.0. The normalized spacial score (nSPS) is 21.7. The van der Waals surface area contributed by atoms with Crippen LogP contribution in [0.1, 0.15) is 124 Å². The van der Waals surface area contributed by atoms with Gasteiger partial charge in [-0.3, -0.25) is 0 Å². The summed E-state index contributed by atoms with van der Waals surface area (Å²) in [6.45, 7) is 52.3. The molecule has 11 nitrogen and oxygen atoms in total. The number of hydrogen-bond donors (Lipinski definition) is 0. The Morgan fingerprint density at radius 1 is 0.450 bits per heavy atom. The van der Waals surface area contributed by atoms with Crippen molar-refractivity contribution in [3.05, 3.63) is 30.3 Å². The molecule has 3 rings (SSSR count). The first-order valence-electron chi connectivity index (χ1n) is 24.5. The molecule has 0 N–H and O–H groups in total. The van der Waals surface area contributed by atoms with Gasteiger partial charge in [0, 0.05) is 0 Å². The van der Waals surface area contributed by atoms with Crippen molar-refractivity contribution >= 4 is 34.5 Å². The Balaban J connectivity index is 3.01. The van der Waals surface area contributed by atoms with Gasteiger partial charge in [-0.25, -0.2) is 0 Å². The van der Waals surface area contributed by atoms with Crippen molar-refractivity contribution in [3.8, 4) is 5.75 Å². The molecule has 2 aliphatic heterocycles. The predicted molar refractivity (Wildman–Crippen MR) is 270 cm³/mol. The Hall–Kier alpha value is -0.670. The molecule has 2 atom stereocenters. The molecule has 0 amide bonds. The van der Waals surface area contributed by atoms with E-state index >= 15 is 0 Å². The van der Waals surface area contributed by atoms with E-state index in [9.17, 15) is 0 Å². The maximum absolute atomic E-state index is 8.28. The number of nitrogens with zero attached hydrogens (tertiary/aromatic N) is 10. The number of hydrogen-bond acceptors (Lipinski definition) is 11. The van der Waals surface area contributed by atoms with Gasteiger partial charge in [-0.15, -0.1) is 0 Å². The van der Waals surface area contributed by atoms with E-state index in [1.54, 1.807) is 0 Å².